The van der Waals surface area contributed by atoms with Crippen molar-refractivity contribution in [3.05, 3.63) is 63.6 Å². The first kappa shape index (κ1) is 22.1. The summed E-state index contributed by atoms with van der Waals surface area (Å²) in [6.07, 6.45) is 1.28. The largest absolute Gasteiger partial charge is 0.478 e. The lowest BCUT2D eigenvalue weighted by atomic mass is 9.83. The zero-order chi connectivity index (χ0) is 23.0. The molecule has 3 heterocycles. The number of sulfonamides is 1. The summed E-state index contributed by atoms with van der Waals surface area (Å²) in [5.41, 5.74) is 0.832. The quantitative estimate of drug-likeness (QED) is 0.680. The Bertz CT molecular complexity index is 1240. The molecule has 1 amide bonds. The van der Waals surface area contributed by atoms with Crippen LogP contribution < -0.4 is 10.3 Å². The number of hydrogen-bond donors (Lipinski definition) is 2. The van der Waals surface area contributed by atoms with Gasteiger partial charge in [-0.3, -0.25) is 14.3 Å². The highest BCUT2D eigenvalue weighted by molar-refractivity contribution is 7.92. The summed E-state index contributed by atoms with van der Waals surface area (Å²) < 4.78 is 28.2. The second kappa shape index (κ2) is 8.42. The van der Waals surface area contributed by atoms with Crippen molar-refractivity contribution in [2.45, 2.75) is 32.2 Å². The first-order valence-electron chi connectivity index (χ1n) is 10.6. The number of anilines is 1. The Morgan fingerprint density at radius 1 is 1.12 bits per heavy atom. The molecule has 170 valence electrons. The Labute approximate surface area is 185 Å². The average molecular weight is 460 g/mol. The Hall–Kier alpha value is -3.14. The van der Waals surface area contributed by atoms with Crippen LogP contribution in [-0.2, 0) is 16.6 Å². The highest BCUT2D eigenvalue weighted by Crippen LogP contribution is 2.36. The van der Waals surface area contributed by atoms with Crippen molar-refractivity contribution in [3.63, 3.8) is 0 Å². The van der Waals surface area contributed by atoms with Crippen molar-refractivity contribution in [1.29, 1.82) is 0 Å². The molecule has 1 aromatic heterocycles. The number of pyridine rings is 1. The number of amides is 1. The van der Waals surface area contributed by atoms with Crippen LogP contribution in [0.1, 0.15) is 52.1 Å². The van der Waals surface area contributed by atoms with Crippen molar-refractivity contribution < 1.29 is 23.1 Å². The minimum atomic E-state index is -3.57. The number of nitrogens with zero attached hydrogens (tertiary/aromatic N) is 2. The van der Waals surface area contributed by atoms with Crippen LogP contribution in [0.4, 0.5) is 5.69 Å². The van der Waals surface area contributed by atoms with Crippen LogP contribution in [0.3, 0.4) is 0 Å². The van der Waals surface area contributed by atoms with E-state index in [1.807, 2.05) is 0 Å². The van der Waals surface area contributed by atoms with E-state index in [1.165, 1.54) is 18.2 Å². The molecular weight excluding hydrogens is 434 g/mol. The van der Waals surface area contributed by atoms with Gasteiger partial charge in [-0.1, -0.05) is 13.0 Å². The minimum absolute atomic E-state index is 0.0422. The Morgan fingerprint density at radius 2 is 1.88 bits per heavy atom. The van der Waals surface area contributed by atoms with E-state index in [0.29, 0.717) is 31.6 Å². The smallest absolute Gasteiger partial charge is 0.335 e. The van der Waals surface area contributed by atoms with Crippen LogP contribution in [0.15, 0.2) is 41.2 Å². The van der Waals surface area contributed by atoms with Crippen molar-refractivity contribution in [1.82, 2.24) is 9.47 Å². The number of hydrogen-bond acceptors (Lipinski definition) is 5. The van der Waals surface area contributed by atoms with Crippen molar-refractivity contribution in [2.24, 2.45) is 5.92 Å². The zero-order valence-corrected chi connectivity index (χ0v) is 18.5. The Morgan fingerprint density at radius 3 is 2.59 bits per heavy atom. The van der Waals surface area contributed by atoms with Crippen LogP contribution in [0.5, 0.6) is 0 Å². The molecule has 2 bridgehead atoms. The number of carbonyl (C=O) groups excluding carboxylic acids is 1. The number of carboxylic acids is 1. The molecule has 9 nitrogen and oxygen atoms in total. The number of carbonyl (C=O) groups is 2. The molecule has 10 heteroatoms. The summed E-state index contributed by atoms with van der Waals surface area (Å²) in [5.74, 6) is -1.38. The normalized spacial score (nSPS) is 19.8. The van der Waals surface area contributed by atoms with Gasteiger partial charge in [0.25, 0.3) is 11.5 Å². The van der Waals surface area contributed by atoms with Gasteiger partial charge in [0.05, 0.1) is 11.3 Å². The molecule has 2 N–H and O–H groups in total. The van der Waals surface area contributed by atoms with Crippen LogP contribution in [0.25, 0.3) is 0 Å². The molecule has 0 spiro atoms. The maximum Gasteiger partial charge on any atom is 0.335 e. The van der Waals surface area contributed by atoms with Gasteiger partial charge >= 0.3 is 5.97 Å². The lowest BCUT2D eigenvalue weighted by Gasteiger charge is -2.43. The van der Waals surface area contributed by atoms with E-state index in [2.05, 4.69) is 4.72 Å². The van der Waals surface area contributed by atoms with E-state index >= 15 is 0 Å². The maximum atomic E-state index is 13.0. The van der Waals surface area contributed by atoms with Gasteiger partial charge in [-0.05, 0) is 49.1 Å². The van der Waals surface area contributed by atoms with Gasteiger partial charge in [0.2, 0.25) is 10.0 Å². The van der Waals surface area contributed by atoms with Gasteiger partial charge in [-0.15, -0.1) is 0 Å². The van der Waals surface area contributed by atoms with E-state index in [4.69, 9.17) is 0 Å². The summed E-state index contributed by atoms with van der Waals surface area (Å²) in [5, 5.41) is 9.19. The fraction of sp³-hybridized carbons (Fsp3) is 0.409. The molecule has 32 heavy (non-hydrogen) atoms. The number of nitrogens with one attached hydrogen (secondary N) is 1. The monoisotopic (exact) mass is 459 g/mol. The maximum absolute atomic E-state index is 13.0. The lowest BCUT2D eigenvalue weighted by molar-refractivity contribution is 0.0594. The standard InChI is InChI=1S/C22H25N3O6S/c1-2-8-32(30,31)23-18-6-7-19-17-9-14(12-25(19)21(18)27)11-24(13-17)20(26)15-4-3-5-16(10-15)22(28)29/h3-7,10,14,17,23H,2,8-9,11-13H2,1H3,(H,28,29)/t14-,17+/m0/s1. The molecule has 2 aromatic rings. The fourth-order valence-corrected chi connectivity index (χ4v) is 5.77. The summed E-state index contributed by atoms with van der Waals surface area (Å²) in [6, 6.07) is 9.23. The van der Waals surface area contributed by atoms with Gasteiger partial charge in [-0.2, -0.15) is 0 Å². The minimum Gasteiger partial charge on any atom is -0.478 e. The number of fused-ring (bicyclic) bond motifs is 4. The second-order valence-electron chi connectivity index (χ2n) is 8.40. The van der Waals surface area contributed by atoms with Gasteiger partial charge < -0.3 is 14.6 Å². The zero-order valence-electron chi connectivity index (χ0n) is 17.7. The van der Waals surface area contributed by atoms with Gasteiger partial charge in [0, 0.05) is 36.8 Å². The topological polar surface area (TPSA) is 126 Å². The highest BCUT2D eigenvalue weighted by atomic mass is 32.2. The van der Waals surface area contributed by atoms with E-state index in [1.54, 1.807) is 34.6 Å². The molecule has 2 atom stereocenters. The number of likely N-dealkylation sites (tertiary alicyclic amines) is 1. The third kappa shape index (κ3) is 4.27. The number of aromatic carboxylic acids is 1. The summed E-state index contributed by atoms with van der Waals surface area (Å²) in [7, 11) is -3.57. The molecule has 1 saturated heterocycles. The third-order valence-electron chi connectivity index (χ3n) is 5.99. The summed E-state index contributed by atoms with van der Waals surface area (Å²) in [4.78, 5) is 39.0. The number of rotatable bonds is 6. The fourth-order valence-electron chi connectivity index (χ4n) is 4.64. The number of piperidine rings is 1. The summed E-state index contributed by atoms with van der Waals surface area (Å²) >= 11 is 0. The molecule has 1 aromatic carbocycles. The molecule has 0 aliphatic carbocycles. The molecular formula is C22H25N3O6S. The van der Waals surface area contributed by atoms with E-state index in [9.17, 15) is 27.9 Å². The van der Waals surface area contributed by atoms with Crippen molar-refractivity contribution >= 4 is 27.6 Å². The first-order chi connectivity index (χ1) is 15.2. The molecule has 1 fully saturated rings. The van der Waals surface area contributed by atoms with E-state index in [-0.39, 0.29) is 40.3 Å². The average Bonchev–Trinajstić information content (AvgIpc) is 2.75. The lowest BCUT2D eigenvalue weighted by Crippen LogP contribution is -2.49. The molecule has 2 aliphatic heterocycles. The molecule has 2 aliphatic rings. The first-order valence-corrected chi connectivity index (χ1v) is 12.2. The van der Waals surface area contributed by atoms with Crippen LogP contribution in [0, 0.1) is 5.92 Å². The second-order valence-corrected chi connectivity index (χ2v) is 10.2. The van der Waals surface area contributed by atoms with Gasteiger partial charge in [-0.25, -0.2) is 13.2 Å². The SMILES string of the molecule is CCCS(=O)(=O)Nc1ccc2n(c1=O)C[C@H]1C[C@@H]2CN(C(=O)c2cccc(C(=O)O)c2)C1. The third-order valence-corrected chi connectivity index (χ3v) is 7.46. The van der Waals surface area contributed by atoms with Gasteiger partial charge in [0.15, 0.2) is 0 Å². The van der Waals surface area contributed by atoms with E-state index in [0.717, 1.165) is 12.1 Å². The predicted octanol–water partition coefficient (Wildman–Crippen LogP) is 1.96. The van der Waals surface area contributed by atoms with Crippen LogP contribution in [-0.4, -0.2) is 53.7 Å². The van der Waals surface area contributed by atoms with Crippen molar-refractivity contribution in [2.75, 3.05) is 23.6 Å². The Balaban J connectivity index is 1.58. The van der Waals surface area contributed by atoms with Crippen molar-refractivity contribution in [3.8, 4) is 0 Å². The Kier molecular flexibility index (Phi) is 5.81. The van der Waals surface area contributed by atoms with E-state index < -0.39 is 16.0 Å². The summed E-state index contributed by atoms with van der Waals surface area (Å²) in [6.45, 7) is 3.01. The molecule has 0 radical (unpaired) electrons. The van der Waals surface area contributed by atoms with Gasteiger partial charge in [0.1, 0.15) is 5.69 Å². The number of benzene rings is 1. The van der Waals surface area contributed by atoms with Crippen LogP contribution >= 0.6 is 0 Å². The molecule has 4 rings (SSSR count). The number of carboxylic acid groups (broad SMARTS) is 1. The van der Waals surface area contributed by atoms with Crippen LogP contribution in [0.2, 0.25) is 0 Å². The molecule has 0 unspecified atom stereocenters. The number of aromatic nitrogens is 1. The highest BCUT2D eigenvalue weighted by Gasteiger charge is 2.37. The molecule has 0 saturated carbocycles. The predicted molar refractivity (Wildman–Crippen MR) is 119 cm³/mol.